The van der Waals surface area contributed by atoms with Crippen molar-refractivity contribution in [1.29, 1.82) is 0 Å². The predicted octanol–water partition coefficient (Wildman–Crippen LogP) is 2.30. The lowest BCUT2D eigenvalue weighted by molar-refractivity contribution is 0.370. The number of aromatic nitrogens is 2. The molecule has 1 aliphatic rings. The summed E-state index contributed by atoms with van der Waals surface area (Å²) in [7, 11) is -0.900. The fraction of sp³-hybridized carbons (Fsp3) is 0.300. The third-order valence-electron chi connectivity index (χ3n) is 5.12. The second-order valence-electron chi connectivity index (χ2n) is 6.74. The molecule has 158 valence electrons. The van der Waals surface area contributed by atoms with Crippen LogP contribution in [0.15, 0.2) is 47.6 Å². The Labute approximate surface area is 173 Å². The minimum Gasteiger partial charge on any atom is -0.497 e. The first kappa shape index (κ1) is 20.3. The van der Waals surface area contributed by atoms with Crippen LogP contribution in [0.3, 0.4) is 0 Å². The first-order valence-corrected chi connectivity index (χ1v) is 10.8. The van der Waals surface area contributed by atoms with Gasteiger partial charge in [-0.05, 0) is 24.3 Å². The molecule has 4 rings (SSSR count). The number of fused-ring (bicyclic) bond motifs is 1. The van der Waals surface area contributed by atoms with Crippen molar-refractivity contribution in [1.82, 2.24) is 14.3 Å². The number of anilines is 1. The second kappa shape index (κ2) is 8.04. The van der Waals surface area contributed by atoms with Crippen molar-refractivity contribution >= 4 is 26.7 Å². The van der Waals surface area contributed by atoms with Gasteiger partial charge < -0.3 is 14.4 Å². The van der Waals surface area contributed by atoms with Gasteiger partial charge in [0.05, 0.1) is 25.1 Å². The molecule has 3 aromatic rings. The Morgan fingerprint density at radius 1 is 1.00 bits per heavy atom. The number of benzene rings is 2. The summed E-state index contributed by atoms with van der Waals surface area (Å²) in [5.41, 5.74) is 0.510. The highest BCUT2D eigenvalue weighted by Crippen LogP contribution is 2.32. The third kappa shape index (κ3) is 3.52. The molecular formula is C20H21FN4O4S. The standard InChI is InChI=1S/C20H21FN4O4S/c1-28-14-6-7-17(29-2)18(12-14)30(26,27)25-10-8-24(9-11-25)20-19-15(21)4-3-5-16(19)22-13-23-20/h3-7,12-13H,8-11H2,1-2H3. The molecule has 1 saturated heterocycles. The molecule has 10 heteroatoms. The Kier molecular flexibility index (Phi) is 5.44. The smallest absolute Gasteiger partial charge is 0.247 e. The molecular weight excluding hydrogens is 411 g/mol. The van der Waals surface area contributed by atoms with Crippen molar-refractivity contribution in [2.75, 3.05) is 45.3 Å². The van der Waals surface area contributed by atoms with Crippen LogP contribution in [0.5, 0.6) is 11.5 Å². The molecule has 0 aliphatic carbocycles. The highest BCUT2D eigenvalue weighted by molar-refractivity contribution is 7.89. The van der Waals surface area contributed by atoms with Crippen molar-refractivity contribution in [2.24, 2.45) is 0 Å². The van der Waals surface area contributed by atoms with Crippen LogP contribution in [0, 0.1) is 5.82 Å². The van der Waals surface area contributed by atoms with Gasteiger partial charge in [-0.1, -0.05) is 6.07 Å². The van der Waals surface area contributed by atoms with E-state index >= 15 is 0 Å². The average molecular weight is 432 g/mol. The van der Waals surface area contributed by atoms with Gasteiger partial charge in [0.1, 0.15) is 34.4 Å². The maximum Gasteiger partial charge on any atom is 0.247 e. The largest absolute Gasteiger partial charge is 0.497 e. The van der Waals surface area contributed by atoms with Gasteiger partial charge in [0, 0.05) is 32.2 Å². The molecule has 8 nitrogen and oxygen atoms in total. The van der Waals surface area contributed by atoms with Crippen molar-refractivity contribution in [3.8, 4) is 11.5 Å². The molecule has 0 unspecified atom stereocenters. The van der Waals surface area contributed by atoms with Crippen LogP contribution < -0.4 is 14.4 Å². The minimum absolute atomic E-state index is 0.0522. The first-order chi connectivity index (χ1) is 14.5. The molecule has 0 atom stereocenters. The first-order valence-electron chi connectivity index (χ1n) is 9.32. The zero-order valence-electron chi connectivity index (χ0n) is 16.6. The molecule has 0 amide bonds. The average Bonchev–Trinajstić information content (AvgIpc) is 2.78. The second-order valence-corrected chi connectivity index (χ2v) is 8.65. The van der Waals surface area contributed by atoms with Gasteiger partial charge in [-0.2, -0.15) is 4.31 Å². The number of piperazine rings is 1. The maximum absolute atomic E-state index is 14.4. The van der Waals surface area contributed by atoms with E-state index in [0.29, 0.717) is 35.6 Å². The topological polar surface area (TPSA) is 84.9 Å². The van der Waals surface area contributed by atoms with Gasteiger partial charge in [0.15, 0.2) is 0 Å². The zero-order valence-corrected chi connectivity index (χ0v) is 17.4. The van der Waals surface area contributed by atoms with Crippen LogP contribution in [0.1, 0.15) is 0 Å². The quantitative estimate of drug-likeness (QED) is 0.612. The number of methoxy groups -OCH3 is 2. The highest BCUT2D eigenvalue weighted by atomic mass is 32.2. The van der Waals surface area contributed by atoms with E-state index in [0.717, 1.165) is 0 Å². The number of halogens is 1. The molecule has 0 radical (unpaired) electrons. The van der Waals surface area contributed by atoms with Crippen LogP contribution >= 0.6 is 0 Å². The molecule has 0 spiro atoms. The van der Waals surface area contributed by atoms with Gasteiger partial charge in [-0.15, -0.1) is 0 Å². The Morgan fingerprint density at radius 2 is 1.77 bits per heavy atom. The number of nitrogens with zero attached hydrogens (tertiary/aromatic N) is 4. The van der Waals surface area contributed by atoms with Crippen LogP contribution in [-0.2, 0) is 10.0 Å². The molecule has 2 heterocycles. The van der Waals surface area contributed by atoms with Crippen molar-refractivity contribution in [2.45, 2.75) is 4.90 Å². The summed E-state index contributed by atoms with van der Waals surface area (Å²) in [5, 5.41) is 0.339. The van der Waals surface area contributed by atoms with Crippen molar-refractivity contribution in [3.05, 3.63) is 48.5 Å². The molecule has 1 fully saturated rings. The molecule has 1 aliphatic heterocycles. The van der Waals surface area contributed by atoms with Gasteiger partial charge >= 0.3 is 0 Å². The number of hydrogen-bond donors (Lipinski definition) is 0. The maximum atomic E-state index is 14.4. The lowest BCUT2D eigenvalue weighted by atomic mass is 10.2. The Morgan fingerprint density at radius 3 is 2.47 bits per heavy atom. The third-order valence-corrected chi connectivity index (χ3v) is 7.04. The van der Waals surface area contributed by atoms with Crippen LogP contribution in [0.2, 0.25) is 0 Å². The number of rotatable bonds is 5. The van der Waals surface area contributed by atoms with Crippen LogP contribution in [0.4, 0.5) is 10.2 Å². The predicted molar refractivity (Wildman–Crippen MR) is 110 cm³/mol. The van der Waals surface area contributed by atoms with E-state index in [-0.39, 0.29) is 23.7 Å². The molecule has 2 aromatic carbocycles. The number of ether oxygens (including phenoxy) is 2. The zero-order chi connectivity index (χ0) is 21.3. The molecule has 1 aromatic heterocycles. The lowest BCUT2D eigenvalue weighted by Crippen LogP contribution is -2.49. The van der Waals surface area contributed by atoms with E-state index in [1.165, 1.54) is 37.0 Å². The number of sulfonamides is 1. The molecule has 0 N–H and O–H groups in total. The Balaban J connectivity index is 1.60. The van der Waals surface area contributed by atoms with Crippen LogP contribution in [0.25, 0.3) is 10.9 Å². The fourth-order valence-corrected chi connectivity index (χ4v) is 5.15. The number of hydrogen-bond acceptors (Lipinski definition) is 7. The fourth-order valence-electron chi connectivity index (χ4n) is 3.56. The SMILES string of the molecule is COc1ccc(OC)c(S(=O)(=O)N2CCN(c3ncnc4cccc(F)c34)CC2)c1. The summed E-state index contributed by atoms with van der Waals surface area (Å²) in [4.78, 5) is 10.3. The Hall–Kier alpha value is -2.98. The highest BCUT2D eigenvalue weighted by Gasteiger charge is 2.32. The van der Waals surface area contributed by atoms with Gasteiger partial charge in [0.25, 0.3) is 0 Å². The molecule has 0 bridgehead atoms. The van der Waals surface area contributed by atoms with Crippen molar-refractivity contribution in [3.63, 3.8) is 0 Å². The van der Waals surface area contributed by atoms with E-state index in [1.54, 1.807) is 24.3 Å². The van der Waals surface area contributed by atoms with Gasteiger partial charge in [-0.3, -0.25) is 0 Å². The van der Waals surface area contributed by atoms with E-state index < -0.39 is 15.8 Å². The van der Waals surface area contributed by atoms with Gasteiger partial charge in [-0.25, -0.2) is 22.8 Å². The Bertz CT molecular complexity index is 1180. The molecule has 0 saturated carbocycles. The lowest BCUT2D eigenvalue weighted by Gasteiger charge is -2.35. The summed E-state index contributed by atoms with van der Waals surface area (Å²) in [5.74, 6) is 0.742. The molecule has 30 heavy (non-hydrogen) atoms. The van der Waals surface area contributed by atoms with Gasteiger partial charge in [0.2, 0.25) is 10.0 Å². The minimum atomic E-state index is -3.80. The normalized spacial score (nSPS) is 15.4. The summed E-state index contributed by atoms with van der Waals surface area (Å²) < 4.78 is 52.7. The van der Waals surface area contributed by atoms with E-state index in [9.17, 15) is 12.8 Å². The summed E-state index contributed by atoms with van der Waals surface area (Å²) in [6.45, 7) is 1.18. The summed E-state index contributed by atoms with van der Waals surface area (Å²) >= 11 is 0. The summed E-state index contributed by atoms with van der Waals surface area (Å²) in [6.07, 6.45) is 1.39. The van der Waals surface area contributed by atoms with E-state index in [4.69, 9.17) is 9.47 Å². The van der Waals surface area contributed by atoms with Crippen LogP contribution in [-0.4, -0.2) is 63.1 Å². The monoisotopic (exact) mass is 432 g/mol. The van der Waals surface area contributed by atoms with E-state index in [2.05, 4.69) is 9.97 Å². The van der Waals surface area contributed by atoms with Crippen molar-refractivity contribution < 1.29 is 22.3 Å². The summed E-state index contributed by atoms with van der Waals surface area (Å²) in [6, 6.07) is 9.35. The van der Waals surface area contributed by atoms with E-state index in [1.807, 2.05) is 4.90 Å².